The van der Waals surface area contributed by atoms with E-state index in [2.05, 4.69) is 14.9 Å². The van der Waals surface area contributed by atoms with Gasteiger partial charge in [0.2, 0.25) is 0 Å². The van der Waals surface area contributed by atoms with E-state index < -0.39 is 11.9 Å². The van der Waals surface area contributed by atoms with E-state index in [0.717, 1.165) is 0 Å². The largest absolute Gasteiger partial charge is 0.480 e. The van der Waals surface area contributed by atoms with Crippen LogP contribution in [0.5, 0.6) is 0 Å². The maximum atomic E-state index is 11.1. The first-order valence-electron chi connectivity index (χ1n) is 4.97. The molecule has 0 unspecified atom stereocenters. The lowest BCUT2D eigenvalue weighted by atomic mass is 10.3. The molecule has 0 atom stereocenters. The Morgan fingerprint density at radius 2 is 2.12 bits per heavy atom. The SMILES string of the molecule is CCN(CC(=O)O)c1ccc(C(=O)OC)nn1. The molecule has 1 aromatic heterocycles. The number of carbonyl (C=O) groups excluding carboxylic acids is 1. The summed E-state index contributed by atoms with van der Waals surface area (Å²) in [5.74, 6) is -1.13. The predicted octanol–water partition coefficient (Wildman–Crippen LogP) is 0.174. The third-order valence-electron chi connectivity index (χ3n) is 2.08. The molecule has 17 heavy (non-hydrogen) atoms. The number of carbonyl (C=O) groups is 2. The van der Waals surface area contributed by atoms with Crippen molar-refractivity contribution in [3.05, 3.63) is 17.8 Å². The molecule has 0 fully saturated rings. The number of likely N-dealkylation sites (N-methyl/N-ethyl adjacent to an activating group) is 1. The number of hydrogen-bond donors (Lipinski definition) is 1. The van der Waals surface area contributed by atoms with Crippen molar-refractivity contribution < 1.29 is 19.4 Å². The Morgan fingerprint density at radius 3 is 2.53 bits per heavy atom. The molecule has 0 aliphatic carbocycles. The summed E-state index contributed by atoms with van der Waals surface area (Å²) in [4.78, 5) is 23.2. The van der Waals surface area contributed by atoms with Gasteiger partial charge in [0.1, 0.15) is 6.54 Å². The maximum absolute atomic E-state index is 11.1. The Morgan fingerprint density at radius 1 is 1.41 bits per heavy atom. The number of rotatable bonds is 5. The van der Waals surface area contributed by atoms with Crippen molar-refractivity contribution in [2.24, 2.45) is 0 Å². The Balaban J connectivity index is 2.84. The molecule has 1 rings (SSSR count). The van der Waals surface area contributed by atoms with Gasteiger partial charge in [0.05, 0.1) is 7.11 Å². The van der Waals surface area contributed by atoms with Crippen LogP contribution >= 0.6 is 0 Å². The number of carboxylic acids is 1. The molecular weight excluding hydrogens is 226 g/mol. The van der Waals surface area contributed by atoms with Gasteiger partial charge in [-0.1, -0.05) is 0 Å². The first kappa shape index (κ1) is 12.9. The fraction of sp³-hybridized carbons (Fsp3) is 0.400. The van der Waals surface area contributed by atoms with Crippen molar-refractivity contribution in [1.29, 1.82) is 0 Å². The lowest BCUT2D eigenvalue weighted by Crippen LogP contribution is -2.30. The molecule has 0 saturated heterocycles. The zero-order valence-electron chi connectivity index (χ0n) is 9.58. The van der Waals surface area contributed by atoms with Crippen LogP contribution in [0, 0.1) is 0 Å². The van der Waals surface area contributed by atoms with Crippen LogP contribution in [0.25, 0.3) is 0 Å². The van der Waals surface area contributed by atoms with Gasteiger partial charge >= 0.3 is 11.9 Å². The number of aromatic nitrogens is 2. The fourth-order valence-electron chi connectivity index (χ4n) is 1.23. The van der Waals surface area contributed by atoms with E-state index in [9.17, 15) is 9.59 Å². The van der Waals surface area contributed by atoms with E-state index in [4.69, 9.17) is 5.11 Å². The van der Waals surface area contributed by atoms with E-state index in [-0.39, 0.29) is 12.2 Å². The van der Waals surface area contributed by atoms with Crippen LogP contribution in [0.2, 0.25) is 0 Å². The van der Waals surface area contributed by atoms with Crippen molar-refractivity contribution in [3.63, 3.8) is 0 Å². The first-order chi connectivity index (χ1) is 8.08. The number of carboxylic acid groups (broad SMARTS) is 1. The molecule has 0 radical (unpaired) electrons. The van der Waals surface area contributed by atoms with Crippen LogP contribution in [-0.2, 0) is 9.53 Å². The summed E-state index contributed by atoms with van der Waals surface area (Å²) in [5.41, 5.74) is 0.0858. The molecule has 0 aliphatic heterocycles. The molecule has 0 bridgehead atoms. The summed E-state index contributed by atoms with van der Waals surface area (Å²) in [7, 11) is 1.25. The van der Waals surface area contributed by atoms with Crippen LogP contribution in [-0.4, -0.2) is 47.4 Å². The monoisotopic (exact) mass is 239 g/mol. The molecule has 0 aliphatic rings. The zero-order chi connectivity index (χ0) is 12.8. The van der Waals surface area contributed by atoms with E-state index in [1.807, 2.05) is 0 Å². The second-order valence-electron chi connectivity index (χ2n) is 3.18. The van der Waals surface area contributed by atoms with Gasteiger partial charge in [0.25, 0.3) is 0 Å². The minimum absolute atomic E-state index is 0.0858. The van der Waals surface area contributed by atoms with Gasteiger partial charge < -0.3 is 14.7 Å². The fourth-order valence-corrected chi connectivity index (χ4v) is 1.23. The maximum Gasteiger partial charge on any atom is 0.358 e. The summed E-state index contributed by atoms with van der Waals surface area (Å²) in [6, 6.07) is 2.98. The second-order valence-corrected chi connectivity index (χ2v) is 3.18. The van der Waals surface area contributed by atoms with Crippen molar-refractivity contribution in [2.45, 2.75) is 6.92 Å². The molecular formula is C10H13N3O4. The molecule has 0 spiro atoms. The summed E-state index contributed by atoms with van der Waals surface area (Å²) < 4.78 is 4.48. The van der Waals surface area contributed by atoms with Gasteiger partial charge in [-0.2, -0.15) is 0 Å². The second kappa shape index (κ2) is 5.78. The molecule has 0 saturated carbocycles. The number of anilines is 1. The van der Waals surface area contributed by atoms with E-state index >= 15 is 0 Å². The molecule has 1 heterocycles. The summed E-state index contributed by atoms with van der Waals surface area (Å²) in [6.45, 7) is 2.13. The highest BCUT2D eigenvalue weighted by atomic mass is 16.5. The van der Waals surface area contributed by atoms with E-state index in [0.29, 0.717) is 12.4 Å². The molecule has 7 nitrogen and oxygen atoms in total. The Bertz CT molecular complexity index is 405. The molecule has 92 valence electrons. The predicted molar refractivity (Wildman–Crippen MR) is 58.9 cm³/mol. The average molecular weight is 239 g/mol. The molecule has 1 N–H and O–H groups in total. The first-order valence-corrected chi connectivity index (χ1v) is 4.97. The zero-order valence-corrected chi connectivity index (χ0v) is 9.58. The van der Waals surface area contributed by atoms with Crippen LogP contribution < -0.4 is 4.90 Å². The van der Waals surface area contributed by atoms with Gasteiger partial charge in [0.15, 0.2) is 11.5 Å². The topological polar surface area (TPSA) is 92.6 Å². The van der Waals surface area contributed by atoms with Crippen molar-refractivity contribution >= 4 is 17.8 Å². The van der Waals surface area contributed by atoms with Crippen LogP contribution in [0.15, 0.2) is 12.1 Å². The molecule has 1 aromatic rings. The van der Waals surface area contributed by atoms with Gasteiger partial charge in [-0.25, -0.2) is 4.79 Å². The normalized spacial score (nSPS) is 9.76. The van der Waals surface area contributed by atoms with Crippen LogP contribution in [0.4, 0.5) is 5.82 Å². The van der Waals surface area contributed by atoms with Crippen molar-refractivity contribution in [2.75, 3.05) is 25.1 Å². The Labute approximate surface area is 98.0 Å². The Kier molecular flexibility index (Phi) is 4.38. The molecule has 7 heteroatoms. The van der Waals surface area contributed by atoms with Crippen molar-refractivity contribution in [3.8, 4) is 0 Å². The molecule has 0 amide bonds. The number of esters is 1. The summed E-state index contributed by atoms with van der Waals surface area (Å²) in [6.07, 6.45) is 0. The average Bonchev–Trinajstić information content (AvgIpc) is 2.35. The number of ether oxygens (including phenoxy) is 1. The third-order valence-corrected chi connectivity index (χ3v) is 2.08. The molecule has 0 aromatic carbocycles. The highest BCUT2D eigenvalue weighted by Gasteiger charge is 2.12. The van der Waals surface area contributed by atoms with Gasteiger partial charge in [-0.05, 0) is 19.1 Å². The third kappa shape index (κ3) is 3.40. The van der Waals surface area contributed by atoms with Crippen molar-refractivity contribution in [1.82, 2.24) is 10.2 Å². The summed E-state index contributed by atoms with van der Waals surface area (Å²) >= 11 is 0. The summed E-state index contributed by atoms with van der Waals surface area (Å²) in [5, 5.41) is 16.1. The lowest BCUT2D eigenvalue weighted by Gasteiger charge is -2.18. The number of hydrogen-bond acceptors (Lipinski definition) is 6. The number of aliphatic carboxylic acids is 1. The minimum Gasteiger partial charge on any atom is -0.480 e. The van der Waals surface area contributed by atoms with Crippen LogP contribution in [0.1, 0.15) is 17.4 Å². The van der Waals surface area contributed by atoms with E-state index in [1.165, 1.54) is 24.1 Å². The highest BCUT2D eigenvalue weighted by molar-refractivity contribution is 5.87. The number of methoxy groups -OCH3 is 1. The quantitative estimate of drug-likeness (QED) is 0.732. The Hall–Kier alpha value is -2.18. The lowest BCUT2D eigenvalue weighted by molar-refractivity contribution is -0.135. The highest BCUT2D eigenvalue weighted by Crippen LogP contribution is 2.09. The van der Waals surface area contributed by atoms with Crippen LogP contribution in [0.3, 0.4) is 0 Å². The standard InChI is InChI=1S/C10H13N3O4/c1-3-13(6-9(14)15)8-5-4-7(11-12-8)10(16)17-2/h4-5H,3,6H2,1-2H3,(H,14,15). The van der Waals surface area contributed by atoms with Gasteiger partial charge in [-0.15, -0.1) is 10.2 Å². The smallest absolute Gasteiger partial charge is 0.358 e. The minimum atomic E-state index is -0.953. The van der Waals surface area contributed by atoms with E-state index in [1.54, 1.807) is 6.92 Å². The van der Waals surface area contributed by atoms with Gasteiger partial charge in [0, 0.05) is 6.54 Å². The number of nitrogens with zero attached hydrogens (tertiary/aromatic N) is 3. The van der Waals surface area contributed by atoms with Gasteiger partial charge in [-0.3, -0.25) is 4.79 Å².